The van der Waals surface area contributed by atoms with E-state index in [1.807, 2.05) is 0 Å². The van der Waals surface area contributed by atoms with E-state index in [0.717, 1.165) is 0 Å². The van der Waals surface area contributed by atoms with Gasteiger partial charge < -0.3 is 10.7 Å². The van der Waals surface area contributed by atoms with Crippen molar-refractivity contribution in [1.82, 2.24) is 9.29 Å². The molecule has 112 valence electrons. The molecule has 0 aliphatic carbocycles. The van der Waals surface area contributed by atoms with Gasteiger partial charge in [-0.15, -0.1) is 0 Å². The maximum atomic E-state index is 12.8. The molecular formula is C13H14ClN3O3S. The monoisotopic (exact) mass is 327 g/mol. The molecule has 1 atom stereocenters. The van der Waals surface area contributed by atoms with Crippen LogP contribution >= 0.6 is 11.6 Å². The maximum Gasteiger partial charge on any atom is 0.255 e. The Kier molecular flexibility index (Phi) is 3.53. The Morgan fingerprint density at radius 3 is 2.81 bits per heavy atom. The maximum absolute atomic E-state index is 12.8. The van der Waals surface area contributed by atoms with E-state index in [0.29, 0.717) is 13.0 Å². The van der Waals surface area contributed by atoms with Gasteiger partial charge in [0, 0.05) is 36.1 Å². The van der Waals surface area contributed by atoms with Gasteiger partial charge in [0.1, 0.15) is 0 Å². The zero-order valence-corrected chi connectivity index (χ0v) is 12.6. The first-order valence-electron chi connectivity index (χ1n) is 6.47. The summed E-state index contributed by atoms with van der Waals surface area (Å²) >= 11 is 6.10. The van der Waals surface area contributed by atoms with E-state index in [1.54, 1.807) is 6.07 Å². The Bertz CT molecular complexity index is 863. The third-order valence-corrected chi connectivity index (χ3v) is 5.85. The van der Waals surface area contributed by atoms with Crippen LogP contribution < -0.4 is 11.3 Å². The average molecular weight is 328 g/mol. The number of fused-ring (bicyclic) bond motifs is 1. The van der Waals surface area contributed by atoms with Crippen molar-refractivity contribution in [1.29, 1.82) is 0 Å². The van der Waals surface area contributed by atoms with Crippen molar-refractivity contribution >= 4 is 32.4 Å². The Labute approximate surface area is 126 Å². The molecular weight excluding hydrogens is 314 g/mol. The molecule has 2 heterocycles. The Morgan fingerprint density at radius 1 is 1.38 bits per heavy atom. The number of pyridine rings is 1. The number of aromatic amines is 1. The second-order valence-corrected chi connectivity index (χ2v) is 7.37. The number of aromatic nitrogens is 1. The molecule has 1 saturated heterocycles. The van der Waals surface area contributed by atoms with Gasteiger partial charge in [-0.3, -0.25) is 4.79 Å². The van der Waals surface area contributed by atoms with Crippen LogP contribution in [-0.2, 0) is 10.0 Å². The van der Waals surface area contributed by atoms with Crippen LogP contribution in [0.2, 0.25) is 5.02 Å². The van der Waals surface area contributed by atoms with E-state index in [1.165, 1.54) is 22.6 Å². The van der Waals surface area contributed by atoms with Gasteiger partial charge in [-0.1, -0.05) is 17.7 Å². The SMILES string of the molecule is NC1CCN(S(=O)(=O)c2cccc3c(=O)[nH]cc(Cl)c23)C1. The number of sulfonamides is 1. The zero-order chi connectivity index (χ0) is 15.2. The normalized spacial score (nSPS) is 20.2. The summed E-state index contributed by atoms with van der Waals surface area (Å²) in [6.07, 6.45) is 1.93. The first-order chi connectivity index (χ1) is 9.91. The van der Waals surface area contributed by atoms with Crippen LogP contribution in [0.1, 0.15) is 6.42 Å². The van der Waals surface area contributed by atoms with Crippen LogP contribution in [0.25, 0.3) is 10.8 Å². The van der Waals surface area contributed by atoms with Gasteiger partial charge in [-0.2, -0.15) is 4.31 Å². The molecule has 1 aliphatic heterocycles. The lowest BCUT2D eigenvalue weighted by Crippen LogP contribution is -2.32. The summed E-state index contributed by atoms with van der Waals surface area (Å²) in [6.45, 7) is 0.653. The number of halogens is 1. The zero-order valence-electron chi connectivity index (χ0n) is 11.0. The molecule has 3 N–H and O–H groups in total. The fourth-order valence-corrected chi connectivity index (χ4v) is 4.63. The lowest BCUT2D eigenvalue weighted by molar-refractivity contribution is 0.473. The molecule has 0 saturated carbocycles. The number of nitrogens with zero attached hydrogens (tertiary/aromatic N) is 1. The van der Waals surface area contributed by atoms with Gasteiger partial charge in [-0.25, -0.2) is 8.42 Å². The van der Waals surface area contributed by atoms with Crippen molar-refractivity contribution in [3.8, 4) is 0 Å². The van der Waals surface area contributed by atoms with E-state index in [4.69, 9.17) is 17.3 Å². The van der Waals surface area contributed by atoms with E-state index in [2.05, 4.69) is 4.98 Å². The first-order valence-corrected chi connectivity index (χ1v) is 8.28. The van der Waals surface area contributed by atoms with Crippen molar-refractivity contribution < 1.29 is 8.42 Å². The molecule has 3 rings (SSSR count). The molecule has 1 aromatic heterocycles. The summed E-state index contributed by atoms with van der Waals surface area (Å²) in [7, 11) is -3.72. The topological polar surface area (TPSA) is 96.3 Å². The third kappa shape index (κ3) is 2.36. The van der Waals surface area contributed by atoms with Gasteiger partial charge in [0.05, 0.1) is 9.92 Å². The van der Waals surface area contributed by atoms with Crippen LogP contribution in [-0.4, -0.2) is 36.8 Å². The number of hydrogen-bond donors (Lipinski definition) is 2. The second-order valence-electron chi connectivity index (χ2n) is 5.06. The fourth-order valence-electron chi connectivity index (χ4n) is 2.57. The number of H-pyrrole nitrogens is 1. The molecule has 1 aromatic carbocycles. The molecule has 0 bridgehead atoms. The van der Waals surface area contributed by atoms with Crippen molar-refractivity contribution in [3.05, 3.63) is 39.8 Å². The third-order valence-electron chi connectivity index (χ3n) is 3.64. The number of nitrogens with two attached hydrogens (primary N) is 1. The number of hydrogen-bond acceptors (Lipinski definition) is 4. The summed E-state index contributed by atoms with van der Waals surface area (Å²) in [5, 5.41) is 0.711. The molecule has 21 heavy (non-hydrogen) atoms. The Morgan fingerprint density at radius 2 is 2.14 bits per heavy atom. The number of benzene rings is 1. The number of rotatable bonds is 2. The minimum Gasteiger partial charge on any atom is -0.327 e. The van der Waals surface area contributed by atoms with Gasteiger partial charge >= 0.3 is 0 Å². The van der Waals surface area contributed by atoms with E-state index in [-0.39, 0.29) is 38.8 Å². The molecule has 8 heteroatoms. The minimum absolute atomic E-state index is 0.0465. The van der Waals surface area contributed by atoms with Crippen LogP contribution in [0.3, 0.4) is 0 Å². The van der Waals surface area contributed by atoms with Crippen LogP contribution in [0.4, 0.5) is 0 Å². The summed E-state index contributed by atoms with van der Waals surface area (Å²) in [5.74, 6) is 0. The predicted molar refractivity (Wildman–Crippen MR) is 80.9 cm³/mol. The van der Waals surface area contributed by atoms with Crippen molar-refractivity contribution in [3.63, 3.8) is 0 Å². The van der Waals surface area contributed by atoms with Gasteiger partial charge in [-0.05, 0) is 18.6 Å². The molecule has 2 aromatic rings. The van der Waals surface area contributed by atoms with E-state index >= 15 is 0 Å². The molecule has 1 unspecified atom stereocenters. The van der Waals surface area contributed by atoms with E-state index in [9.17, 15) is 13.2 Å². The highest BCUT2D eigenvalue weighted by Gasteiger charge is 2.32. The van der Waals surface area contributed by atoms with Crippen LogP contribution in [0, 0.1) is 0 Å². The summed E-state index contributed by atoms with van der Waals surface area (Å²) in [5.41, 5.74) is 5.41. The standard InChI is InChI=1S/C13H14ClN3O3S/c14-10-6-16-13(18)9-2-1-3-11(12(9)10)21(19,20)17-5-4-8(15)7-17/h1-3,6,8H,4-5,7,15H2,(H,16,18). The highest BCUT2D eigenvalue weighted by atomic mass is 35.5. The smallest absolute Gasteiger partial charge is 0.255 e. The fraction of sp³-hybridized carbons (Fsp3) is 0.308. The first kappa shape index (κ1) is 14.5. The Balaban J connectivity index is 2.26. The van der Waals surface area contributed by atoms with Gasteiger partial charge in [0.25, 0.3) is 5.56 Å². The number of nitrogens with one attached hydrogen (secondary N) is 1. The minimum atomic E-state index is -3.72. The van der Waals surface area contributed by atoms with Crippen molar-refractivity contribution in [2.24, 2.45) is 5.73 Å². The van der Waals surface area contributed by atoms with E-state index < -0.39 is 10.0 Å². The highest BCUT2D eigenvalue weighted by Crippen LogP contribution is 2.30. The van der Waals surface area contributed by atoms with Crippen LogP contribution in [0.15, 0.2) is 34.1 Å². The molecule has 6 nitrogen and oxygen atoms in total. The largest absolute Gasteiger partial charge is 0.327 e. The molecule has 0 spiro atoms. The summed E-state index contributed by atoms with van der Waals surface area (Å²) < 4.78 is 26.9. The van der Waals surface area contributed by atoms with Crippen molar-refractivity contribution in [2.45, 2.75) is 17.4 Å². The van der Waals surface area contributed by atoms with Crippen LogP contribution in [0.5, 0.6) is 0 Å². The second kappa shape index (κ2) is 5.10. The van der Waals surface area contributed by atoms with Gasteiger partial charge in [0.15, 0.2) is 0 Å². The lowest BCUT2D eigenvalue weighted by atomic mass is 10.2. The Hall–Kier alpha value is -1.41. The summed E-state index contributed by atoms with van der Waals surface area (Å²) in [4.78, 5) is 14.4. The predicted octanol–water partition coefficient (Wildman–Crippen LogP) is 0.903. The molecule has 1 aliphatic rings. The van der Waals surface area contributed by atoms with Gasteiger partial charge in [0.2, 0.25) is 10.0 Å². The van der Waals surface area contributed by atoms with Crippen molar-refractivity contribution in [2.75, 3.05) is 13.1 Å². The molecule has 1 fully saturated rings. The molecule has 0 amide bonds. The quantitative estimate of drug-likeness (QED) is 0.856. The summed E-state index contributed by atoms with van der Waals surface area (Å²) in [6, 6.07) is 4.40. The highest BCUT2D eigenvalue weighted by molar-refractivity contribution is 7.89. The molecule has 0 radical (unpaired) electrons. The lowest BCUT2D eigenvalue weighted by Gasteiger charge is -2.17. The average Bonchev–Trinajstić information content (AvgIpc) is 2.90.